The van der Waals surface area contributed by atoms with E-state index >= 15 is 0 Å². The summed E-state index contributed by atoms with van der Waals surface area (Å²) in [5.74, 6) is -0.571. The predicted molar refractivity (Wildman–Crippen MR) is 111 cm³/mol. The Kier molecular flexibility index (Phi) is 16.6. The Labute approximate surface area is 193 Å². The molecule has 156 valence electrons. The van der Waals surface area contributed by atoms with Gasteiger partial charge in [0.1, 0.15) is 6.23 Å². The first-order chi connectivity index (χ1) is 12.9. The summed E-state index contributed by atoms with van der Waals surface area (Å²) in [6.07, 6.45) is 13.2. The predicted octanol–water partition coefficient (Wildman–Crippen LogP) is 1.82. The maximum absolute atomic E-state index is 10.6. The molecule has 0 spiro atoms. The number of aliphatic hydroxyl groups excluding tert-OH is 1. The van der Waals surface area contributed by atoms with E-state index < -0.39 is 22.1 Å². The van der Waals surface area contributed by atoms with E-state index in [0.717, 1.165) is 12.1 Å². The zero-order valence-corrected chi connectivity index (χ0v) is 20.5. The number of hydrogen-bond donors (Lipinski definition) is 2. The van der Waals surface area contributed by atoms with E-state index in [1.807, 2.05) is 24.3 Å². The van der Waals surface area contributed by atoms with Crippen molar-refractivity contribution in [3.63, 3.8) is 0 Å². The molecule has 1 unspecified atom stereocenters. The molecule has 0 amide bonds. The Bertz CT molecular complexity index is 593. The molecule has 0 bridgehead atoms. The molecule has 2 N–H and O–H groups in total. The second-order valence-electron chi connectivity index (χ2n) is 7.34. The molecule has 0 aliphatic rings. The van der Waals surface area contributed by atoms with Crippen LogP contribution in [-0.4, -0.2) is 30.1 Å². The zero-order valence-electron chi connectivity index (χ0n) is 17.7. The second-order valence-corrected chi connectivity index (χ2v) is 8.86. The number of aliphatic hydroxyl groups is 1. The summed E-state index contributed by atoms with van der Waals surface area (Å²) >= 11 is 0. The third kappa shape index (κ3) is 15.8. The molecule has 0 saturated carbocycles. The van der Waals surface area contributed by atoms with Gasteiger partial charge in [0, 0.05) is 17.9 Å². The van der Waals surface area contributed by atoms with Crippen molar-refractivity contribution < 1.29 is 47.6 Å². The van der Waals surface area contributed by atoms with Crippen molar-refractivity contribution in [2.75, 3.05) is 11.1 Å². The van der Waals surface area contributed by atoms with Gasteiger partial charge in [-0.15, -0.1) is 0 Å². The molecule has 0 radical (unpaired) electrons. The van der Waals surface area contributed by atoms with Crippen LogP contribution in [0.25, 0.3) is 0 Å². The maximum atomic E-state index is 10.6. The van der Waals surface area contributed by atoms with E-state index in [9.17, 15) is 18.1 Å². The molecule has 0 aliphatic heterocycles. The van der Waals surface area contributed by atoms with Crippen LogP contribution in [0.5, 0.6) is 0 Å². The number of nitrogens with one attached hydrogen (secondary N) is 1. The Balaban J connectivity index is 0.00000729. The number of rotatable bonds is 16. The van der Waals surface area contributed by atoms with Gasteiger partial charge >= 0.3 is 29.6 Å². The van der Waals surface area contributed by atoms with Crippen molar-refractivity contribution in [3.05, 3.63) is 29.8 Å². The van der Waals surface area contributed by atoms with Gasteiger partial charge in [-0.05, 0) is 30.5 Å². The molecule has 7 heteroatoms. The Hall–Kier alpha value is -0.110. The van der Waals surface area contributed by atoms with E-state index in [-0.39, 0.29) is 36.0 Å². The van der Waals surface area contributed by atoms with Crippen LogP contribution in [0.4, 0.5) is 5.69 Å². The van der Waals surface area contributed by atoms with Gasteiger partial charge in [-0.3, -0.25) is 0 Å². The smallest absolute Gasteiger partial charge is 0.748 e. The van der Waals surface area contributed by atoms with Crippen LogP contribution in [0.15, 0.2) is 24.3 Å². The van der Waals surface area contributed by atoms with E-state index in [4.69, 9.17) is 0 Å². The number of benzene rings is 1. The second kappa shape index (κ2) is 16.7. The molecule has 1 rings (SSSR count). The summed E-state index contributed by atoms with van der Waals surface area (Å²) in [5, 5.41) is 12.5. The van der Waals surface area contributed by atoms with Gasteiger partial charge < -0.3 is 15.0 Å². The average Bonchev–Trinajstić information content (AvgIpc) is 2.62. The van der Waals surface area contributed by atoms with Crippen LogP contribution in [0, 0.1) is 0 Å². The summed E-state index contributed by atoms with van der Waals surface area (Å²) < 4.78 is 31.7. The van der Waals surface area contributed by atoms with Crippen LogP contribution < -0.4 is 34.9 Å². The monoisotopic (exact) mass is 421 g/mol. The standard InChI is InChI=1S/C21H37NO4S.Na/c1-2-3-4-5-6-7-8-9-10-11-12-19-13-15-20(16-14-19)22-21(23)17-18-27(24,25)26;/h13-16,21-23H,2-12,17-18H2,1H3,(H,24,25,26);/q;+1/p-1. The average molecular weight is 422 g/mol. The van der Waals surface area contributed by atoms with Crippen molar-refractivity contribution >= 4 is 15.8 Å². The van der Waals surface area contributed by atoms with Gasteiger partial charge in [-0.2, -0.15) is 0 Å². The van der Waals surface area contributed by atoms with Crippen LogP contribution in [0.3, 0.4) is 0 Å². The minimum Gasteiger partial charge on any atom is -0.748 e. The third-order valence-electron chi connectivity index (χ3n) is 4.75. The molecule has 0 aliphatic carbocycles. The van der Waals surface area contributed by atoms with E-state index in [0.29, 0.717) is 0 Å². The minimum absolute atomic E-state index is 0. The van der Waals surface area contributed by atoms with Crippen molar-refractivity contribution in [2.45, 2.75) is 90.2 Å². The number of anilines is 1. The molecule has 1 aromatic carbocycles. The Morgan fingerprint density at radius 2 is 1.43 bits per heavy atom. The van der Waals surface area contributed by atoms with Crippen LogP contribution in [0.2, 0.25) is 0 Å². The van der Waals surface area contributed by atoms with Gasteiger partial charge in [0.25, 0.3) is 0 Å². The van der Waals surface area contributed by atoms with E-state index in [1.54, 1.807) is 0 Å². The molecular formula is C21H36NNaO4S. The van der Waals surface area contributed by atoms with Crippen LogP contribution in [0.1, 0.15) is 83.1 Å². The van der Waals surface area contributed by atoms with Gasteiger partial charge in [-0.1, -0.05) is 76.8 Å². The van der Waals surface area contributed by atoms with Crippen molar-refractivity contribution in [1.29, 1.82) is 0 Å². The van der Waals surface area contributed by atoms with E-state index in [1.165, 1.54) is 69.8 Å². The normalized spacial score (nSPS) is 12.4. The van der Waals surface area contributed by atoms with Gasteiger partial charge in [0.2, 0.25) is 0 Å². The molecular weight excluding hydrogens is 385 g/mol. The minimum atomic E-state index is -4.29. The van der Waals surface area contributed by atoms with Crippen molar-refractivity contribution in [3.8, 4) is 0 Å². The number of unbranched alkanes of at least 4 members (excludes halogenated alkanes) is 9. The van der Waals surface area contributed by atoms with Gasteiger partial charge in [-0.25, -0.2) is 8.42 Å². The van der Waals surface area contributed by atoms with Gasteiger partial charge in [0.05, 0.1) is 10.1 Å². The first kappa shape index (κ1) is 27.9. The molecule has 0 heterocycles. The van der Waals surface area contributed by atoms with Crippen LogP contribution in [-0.2, 0) is 16.5 Å². The van der Waals surface area contributed by atoms with E-state index in [2.05, 4.69) is 12.2 Å². The largest absolute Gasteiger partial charge is 1.00 e. The van der Waals surface area contributed by atoms with Crippen molar-refractivity contribution in [2.24, 2.45) is 0 Å². The summed E-state index contributed by atoms with van der Waals surface area (Å²) in [6.45, 7) is 2.25. The first-order valence-electron chi connectivity index (χ1n) is 10.4. The fraction of sp³-hybridized carbons (Fsp3) is 0.714. The summed E-state index contributed by atoms with van der Waals surface area (Å²) in [7, 11) is -4.29. The molecule has 5 nitrogen and oxygen atoms in total. The number of aryl methyl sites for hydroxylation is 1. The molecule has 0 saturated heterocycles. The topological polar surface area (TPSA) is 89.5 Å². The Morgan fingerprint density at radius 3 is 1.93 bits per heavy atom. The van der Waals surface area contributed by atoms with Gasteiger partial charge in [0.15, 0.2) is 0 Å². The molecule has 1 atom stereocenters. The molecule has 28 heavy (non-hydrogen) atoms. The van der Waals surface area contributed by atoms with Crippen LogP contribution >= 0.6 is 0 Å². The first-order valence-corrected chi connectivity index (χ1v) is 12.0. The fourth-order valence-electron chi connectivity index (χ4n) is 3.10. The summed E-state index contributed by atoms with van der Waals surface area (Å²) in [6, 6.07) is 7.79. The summed E-state index contributed by atoms with van der Waals surface area (Å²) in [5.41, 5.74) is 1.98. The quantitative estimate of drug-likeness (QED) is 0.184. The Morgan fingerprint density at radius 1 is 0.929 bits per heavy atom. The molecule has 0 fully saturated rings. The maximum Gasteiger partial charge on any atom is 1.00 e. The zero-order chi connectivity index (χ0) is 20.0. The SMILES string of the molecule is CCCCCCCCCCCCc1ccc(NC(O)CCS(=O)(=O)[O-])cc1.[Na+]. The third-order valence-corrected chi connectivity index (χ3v) is 5.48. The fourth-order valence-corrected chi connectivity index (χ4v) is 3.62. The number of hydrogen-bond acceptors (Lipinski definition) is 5. The summed E-state index contributed by atoms with van der Waals surface area (Å²) in [4.78, 5) is 0. The molecule has 0 aromatic heterocycles. The van der Waals surface area contributed by atoms with Crippen molar-refractivity contribution in [1.82, 2.24) is 0 Å². The molecule has 1 aromatic rings.